The molecule has 9 heteroatoms. The minimum absolute atomic E-state index is 0.214. The molecule has 0 unspecified atom stereocenters. The van der Waals surface area contributed by atoms with Crippen LogP contribution >= 0.6 is 0 Å². The molecule has 30 heavy (non-hydrogen) atoms. The molecule has 1 N–H and O–H groups in total. The number of carbonyl (C=O) groups excluding carboxylic acids is 1. The van der Waals surface area contributed by atoms with Gasteiger partial charge in [-0.15, -0.1) is 0 Å². The Kier molecular flexibility index (Phi) is 4.81. The molecule has 0 fully saturated rings. The van der Waals surface area contributed by atoms with Crippen molar-refractivity contribution in [3.05, 3.63) is 71.8 Å². The molecule has 0 bridgehead atoms. The molecule has 2 aromatic heterocycles. The van der Waals surface area contributed by atoms with Gasteiger partial charge in [-0.2, -0.15) is 18.3 Å². The number of aryl methyl sites for hydroxylation is 2. The van der Waals surface area contributed by atoms with E-state index in [2.05, 4.69) is 15.4 Å². The second kappa shape index (κ2) is 7.33. The molecule has 2 aromatic carbocycles. The van der Waals surface area contributed by atoms with Gasteiger partial charge in [-0.1, -0.05) is 18.2 Å². The van der Waals surface area contributed by atoms with E-state index in [4.69, 9.17) is 0 Å². The number of alkyl halides is 3. The predicted octanol–water partition coefficient (Wildman–Crippen LogP) is 4.82. The Morgan fingerprint density at radius 3 is 2.53 bits per heavy atom. The Labute approximate surface area is 170 Å². The van der Waals surface area contributed by atoms with Gasteiger partial charge in [0.25, 0.3) is 5.91 Å². The summed E-state index contributed by atoms with van der Waals surface area (Å²) in [5.41, 5.74) is 0.434. The number of hydrogen-bond acceptors (Lipinski definition) is 3. The minimum atomic E-state index is -4.76. The zero-order valence-electron chi connectivity index (χ0n) is 16.2. The van der Waals surface area contributed by atoms with Crippen molar-refractivity contribution in [2.24, 2.45) is 0 Å². The first-order valence-electron chi connectivity index (χ1n) is 9.28. The fraction of sp³-hybridized carbons (Fsp3) is 0.190. The topological polar surface area (TPSA) is 64.7 Å². The highest BCUT2D eigenvalue weighted by atomic mass is 19.4. The lowest BCUT2D eigenvalue weighted by Gasteiger charge is -2.13. The third-order valence-corrected chi connectivity index (χ3v) is 4.80. The van der Waals surface area contributed by atoms with Crippen LogP contribution in [0.25, 0.3) is 16.7 Å². The van der Waals surface area contributed by atoms with Gasteiger partial charge in [0, 0.05) is 12.2 Å². The van der Waals surface area contributed by atoms with E-state index in [0.717, 1.165) is 28.8 Å². The van der Waals surface area contributed by atoms with Crippen molar-refractivity contribution in [2.75, 3.05) is 5.32 Å². The van der Waals surface area contributed by atoms with E-state index >= 15 is 0 Å². The SMILES string of the molecule is CCn1c(C)nc2cc(NC(=O)c3cnn(-c4ccccc4)c3C(F)(F)F)ccc21. The number of amides is 1. The smallest absolute Gasteiger partial charge is 0.329 e. The number of anilines is 1. The summed E-state index contributed by atoms with van der Waals surface area (Å²) >= 11 is 0. The first-order chi connectivity index (χ1) is 14.3. The second-order valence-corrected chi connectivity index (χ2v) is 6.71. The number of para-hydroxylation sites is 1. The first-order valence-corrected chi connectivity index (χ1v) is 9.28. The summed E-state index contributed by atoms with van der Waals surface area (Å²) in [6.07, 6.45) is -3.83. The molecule has 154 valence electrons. The van der Waals surface area contributed by atoms with E-state index in [9.17, 15) is 18.0 Å². The van der Waals surface area contributed by atoms with E-state index in [-0.39, 0.29) is 5.69 Å². The van der Waals surface area contributed by atoms with E-state index in [1.165, 1.54) is 12.1 Å². The highest BCUT2D eigenvalue weighted by Gasteiger charge is 2.40. The number of hydrogen-bond donors (Lipinski definition) is 1. The quantitative estimate of drug-likeness (QED) is 0.522. The predicted molar refractivity (Wildman–Crippen MR) is 107 cm³/mol. The summed E-state index contributed by atoms with van der Waals surface area (Å²) in [6.45, 7) is 4.60. The number of imidazole rings is 1. The molecule has 2 heterocycles. The molecule has 0 aliphatic heterocycles. The van der Waals surface area contributed by atoms with Crippen LogP contribution in [-0.4, -0.2) is 25.2 Å². The summed E-state index contributed by atoms with van der Waals surface area (Å²) in [6, 6.07) is 12.9. The highest BCUT2D eigenvalue weighted by molar-refractivity contribution is 6.05. The monoisotopic (exact) mass is 413 g/mol. The van der Waals surface area contributed by atoms with E-state index < -0.39 is 23.3 Å². The van der Waals surface area contributed by atoms with Gasteiger partial charge in [0.15, 0.2) is 5.69 Å². The van der Waals surface area contributed by atoms with Crippen LogP contribution in [0.2, 0.25) is 0 Å². The lowest BCUT2D eigenvalue weighted by atomic mass is 10.2. The molecule has 0 radical (unpaired) electrons. The fourth-order valence-corrected chi connectivity index (χ4v) is 3.48. The number of nitrogens with zero attached hydrogens (tertiary/aromatic N) is 4. The van der Waals surface area contributed by atoms with Crippen LogP contribution in [0.4, 0.5) is 18.9 Å². The normalized spacial score (nSPS) is 11.8. The van der Waals surface area contributed by atoms with Gasteiger partial charge in [0.05, 0.1) is 28.5 Å². The van der Waals surface area contributed by atoms with Crippen molar-refractivity contribution in [3.63, 3.8) is 0 Å². The maximum atomic E-state index is 13.8. The number of halogens is 3. The van der Waals surface area contributed by atoms with Crippen molar-refractivity contribution in [2.45, 2.75) is 26.6 Å². The van der Waals surface area contributed by atoms with Gasteiger partial charge >= 0.3 is 6.18 Å². The van der Waals surface area contributed by atoms with Gasteiger partial charge in [-0.05, 0) is 44.2 Å². The Balaban J connectivity index is 1.70. The molecule has 0 aliphatic carbocycles. The van der Waals surface area contributed by atoms with E-state index in [1.807, 2.05) is 18.4 Å². The van der Waals surface area contributed by atoms with Gasteiger partial charge < -0.3 is 9.88 Å². The van der Waals surface area contributed by atoms with Gasteiger partial charge in [-0.25, -0.2) is 9.67 Å². The Hall–Kier alpha value is -3.62. The maximum absolute atomic E-state index is 13.8. The van der Waals surface area contributed by atoms with Gasteiger partial charge in [0.2, 0.25) is 0 Å². The molecule has 0 spiro atoms. The highest BCUT2D eigenvalue weighted by Crippen LogP contribution is 2.34. The molecule has 0 aliphatic rings. The molecule has 4 aromatic rings. The molecular formula is C21H18F3N5O. The van der Waals surface area contributed by atoms with Crippen LogP contribution in [0.3, 0.4) is 0 Å². The number of aromatic nitrogens is 4. The van der Waals surface area contributed by atoms with Crippen molar-refractivity contribution < 1.29 is 18.0 Å². The van der Waals surface area contributed by atoms with Crippen LogP contribution < -0.4 is 5.32 Å². The zero-order valence-corrected chi connectivity index (χ0v) is 16.2. The van der Waals surface area contributed by atoms with Crippen LogP contribution in [0.1, 0.15) is 28.8 Å². The molecular weight excluding hydrogens is 395 g/mol. The Morgan fingerprint density at radius 2 is 1.87 bits per heavy atom. The summed E-state index contributed by atoms with van der Waals surface area (Å²) in [5, 5.41) is 6.34. The van der Waals surface area contributed by atoms with Crippen LogP contribution in [-0.2, 0) is 12.7 Å². The number of rotatable bonds is 4. The average molecular weight is 413 g/mol. The maximum Gasteiger partial charge on any atom is 0.434 e. The summed E-state index contributed by atoms with van der Waals surface area (Å²) < 4.78 is 44.0. The van der Waals surface area contributed by atoms with Gasteiger partial charge in [-0.3, -0.25) is 4.79 Å². The second-order valence-electron chi connectivity index (χ2n) is 6.71. The van der Waals surface area contributed by atoms with Crippen LogP contribution in [0.15, 0.2) is 54.7 Å². The van der Waals surface area contributed by atoms with Crippen molar-refractivity contribution >= 4 is 22.6 Å². The van der Waals surface area contributed by atoms with Crippen molar-refractivity contribution in [3.8, 4) is 5.69 Å². The number of fused-ring (bicyclic) bond motifs is 1. The standard InChI is InChI=1S/C21H18F3N5O/c1-3-28-13(2)26-17-11-14(9-10-18(17)28)27-20(30)16-12-25-29(19(16)21(22,23)24)15-7-5-4-6-8-15/h4-12H,3H2,1-2H3,(H,27,30). The Morgan fingerprint density at radius 1 is 1.13 bits per heavy atom. The van der Waals surface area contributed by atoms with Crippen LogP contribution in [0, 0.1) is 6.92 Å². The molecule has 0 saturated carbocycles. The van der Waals surface area contributed by atoms with Crippen molar-refractivity contribution in [1.29, 1.82) is 0 Å². The number of nitrogens with one attached hydrogen (secondary N) is 1. The average Bonchev–Trinajstić information content (AvgIpc) is 3.29. The minimum Gasteiger partial charge on any atom is -0.329 e. The van der Waals surface area contributed by atoms with E-state index in [0.29, 0.717) is 11.2 Å². The molecule has 0 atom stereocenters. The zero-order chi connectivity index (χ0) is 21.5. The number of carbonyl (C=O) groups is 1. The molecule has 6 nitrogen and oxygen atoms in total. The molecule has 0 saturated heterocycles. The van der Waals surface area contributed by atoms with Crippen LogP contribution in [0.5, 0.6) is 0 Å². The Bertz CT molecular complexity index is 1220. The fourth-order valence-electron chi connectivity index (χ4n) is 3.48. The molecule has 1 amide bonds. The third kappa shape index (κ3) is 3.42. The summed E-state index contributed by atoms with van der Waals surface area (Å²) in [4.78, 5) is 17.1. The molecule has 4 rings (SSSR count). The first kappa shape index (κ1) is 19.7. The summed E-state index contributed by atoms with van der Waals surface area (Å²) in [7, 11) is 0. The third-order valence-electron chi connectivity index (χ3n) is 4.80. The summed E-state index contributed by atoms with van der Waals surface area (Å²) in [5.74, 6) is -0.0741. The van der Waals surface area contributed by atoms with Crippen molar-refractivity contribution in [1.82, 2.24) is 19.3 Å². The lowest BCUT2D eigenvalue weighted by molar-refractivity contribution is -0.143. The lowest BCUT2D eigenvalue weighted by Crippen LogP contribution is -2.20. The van der Waals surface area contributed by atoms with E-state index in [1.54, 1.807) is 36.4 Å². The van der Waals surface area contributed by atoms with Gasteiger partial charge in [0.1, 0.15) is 5.82 Å². The number of benzene rings is 2. The largest absolute Gasteiger partial charge is 0.434 e.